The van der Waals surface area contributed by atoms with Gasteiger partial charge in [0.2, 0.25) is 0 Å². The highest BCUT2D eigenvalue weighted by Crippen LogP contribution is 2.41. The van der Waals surface area contributed by atoms with Crippen LogP contribution in [-0.4, -0.2) is 32.6 Å². The van der Waals surface area contributed by atoms with Gasteiger partial charge in [-0.15, -0.1) is 0 Å². The van der Waals surface area contributed by atoms with Gasteiger partial charge in [0.25, 0.3) is 0 Å². The van der Waals surface area contributed by atoms with E-state index >= 15 is 0 Å². The highest BCUT2D eigenvalue weighted by molar-refractivity contribution is 9.10. The molecule has 0 bridgehead atoms. The van der Waals surface area contributed by atoms with E-state index < -0.39 is 12.3 Å². The third kappa shape index (κ3) is 3.84. The van der Waals surface area contributed by atoms with Crippen molar-refractivity contribution in [1.29, 1.82) is 0 Å². The summed E-state index contributed by atoms with van der Waals surface area (Å²) in [5, 5.41) is 0. The minimum Gasteiger partial charge on any atom is -0.496 e. The molecule has 0 N–H and O–H groups in total. The summed E-state index contributed by atoms with van der Waals surface area (Å²) in [6.45, 7) is 0.361. The lowest BCUT2D eigenvalue weighted by molar-refractivity contribution is -0.225. The van der Waals surface area contributed by atoms with Crippen LogP contribution in [0.25, 0.3) is 0 Å². The molecule has 1 aromatic carbocycles. The summed E-state index contributed by atoms with van der Waals surface area (Å²) in [5.41, 5.74) is -0.0509. The quantitative estimate of drug-likeness (QED) is 0.769. The molecule has 7 heteroatoms. The fraction of sp³-hybridized carbons (Fsp3) is 0.500. The van der Waals surface area contributed by atoms with E-state index in [0.29, 0.717) is 11.1 Å². The van der Waals surface area contributed by atoms with Crippen molar-refractivity contribution in [3.8, 4) is 5.75 Å². The smallest absolute Gasteiger partial charge is 0.418 e. The van der Waals surface area contributed by atoms with Crippen LogP contribution in [0.3, 0.4) is 0 Å². The Morgan fingerprint density at radius 2 is 2.16 bits per heavy atom. The first-order chi connectivity index (χ1) is 8.91. The monoisotopic (exact) mass is 340 g/mol. The number of methoxy groups -OCH3 is 1. The van der Waals surface area contributed by atoms with Crippen molar-refractivity contribution in [2.24, 2.45) is 0 Å². The Hall–Kier alpha value is -0.790. The van der Waals surface area contributed by atoms with E-state index in [4.69, 9.17) is 14.2 Å². The van der Waals surface area contributed by atoms with E-state index in [2.05, 4.69) is 15.9 Å². The van der Waals surface area contributed by atoms with Gasteiger partial charge >= 0.3 is 6.18 Å². The Kier molecular flexibility index (Phi) is 4.37. The average molecular weight is 341 g/mol. The van der Waals surface area contributed by atoms with Crippen LogP contribution < -0.4 is 4.74 Å². The number of halogens is 4. The molecular formula is C12H12BrF3O3. The summed E-state index contributed by atoms with van der Waals surface area (Å²) in [4.78, 5) is 0. The van der Waals surface area contributed by atoms with Crippen LogP contribution in [0, 0.1) is 0 Å². The molecule has 2 rings (SSSR count). The van der Waals surface area contributed by atoms with Crippen molar-refractivity contribution >= 4 is 15.9 Å². The van der Waals surface area contributed by atoms with Crippen LogP contribution in [0.2, 0.25) is 0 Å². The van der Waals surface area contributed by atoms with Gasteiger partial charge in [0.15, 0.2) is 6.10 Å². The van der Waals surface area contributed by atoms with Crippen LogP contribution >= 0.6 is 15.9 Å². The first kappa shape index (κ1) is 14.6. The van der Waals surface area contributed by atoms with Crippen LogP contribution in [-0.2, 0) is 9.47 Å². The molecule has 0 radical (unpaired) electrons. The lowest BCUT2D eigenvalue weighted by atomic mass is 10.1. The van der Waals surface area contributed by atoms with Crippen molar-refractivity contribution in [2.45, 2.75) is 18.4 Å². The number of benzene rings is 1. The molecule has 1 fully saturated rings. The zero-order valence-electron chi connectivity index (χ0n) is 10.0. The molecule has 2 atom stereocenters. The normalized spacial score (nSPS) is 20.2. The standard InChI is InChI=1S/C12H12BrF3O3/c1-17-10-3-2-7(13)4-9(10)11(12(14,15)16)19-6-8-5-18-8/h2-4,8,11H,5-6H2,1H3/t8-,11+/m1/s1. The maximum atomic E-state index is 13.1. The third-order valence-electron chi connectivity index (χ3n) is 2.62. The molecule has 106 valence electrons. The van der Waals surface area contributed by atoms with Crippen LogP contribution in [0.15, 0.2) is 22.7 Å². The number of ether oxygens (including phenoxy) is 3. The molecule has 0 aromatic heterocycles. The first-order valence-electron chi connectivity index (χ1n) is 5.55. The summed E-state index contributed by atoms with van der Waals surface area (Å²) < 4.78 is 54.6. The number of alkyl halides is 3. The van der Waals surface area contributed by atoms with E-state index in [9.17, 15) is 13.2 Å². The number of hydrogen-bond donors (Lipinski definition) is 0. The minimum atomic E-state index is -4.51. The molecule has 0 amide bonds. The van der Waals surface area contributed by atoms with Gasteiger partial charge in [0.05, 0.1) is 20.3 Å². The molecule has 1 saturated heterocycles. The Bertz CT molecular complexity index is 446. The fourth-order valence-corrected chi connectivity index (χ4v) is 2.02. The summed E-state index contributed by atoms with van der Waals surface area (Å²) >= 11 is 3.15. The topological polar surface area (TPSA) is 31.0 Å². The molecule has 1 aliphatic heterocycles. The fourth-order valence-electron chi connectivity index (χ4n) is 1.64. The molecule has 1 aliphatic rings. The van der Waals surface area contributed by atoms with Gasteiger partial charge in [-0.1, -0.05) is 15.9 Å². The molecule has 3 nitrogen and oxygen atoms in total. The van der Waals surface area contributed by atoms with E-state index in [1.165, 1.54) is 19.2 Å². The van der Waals surface area contributed by atoms with Gasteiger partial charge in [-0.2, -0.15) is 13.2 Å². The Morgan fingerprint density at radius 1 is 1.47 bits per heavy atom. The predicted molar refractivity (Wildman–Crippen MR) is 65.2 cm³/mol. The van der Waals surface area contributed by atoms with Crippen LogP contribution in [0.4, 0.5) is 13.2 Å². The average Bonchev–Trinajstić information content (AvgIpc) is 3.12. The van der Waals surface area contributed by atoms with Gasteiger partial charge in [-0.3, -0.25) is 0 Å². The number of rotatable bonds is 5. The van der Waals surface area contributed by atoms with Gasteiger partial charge in [-0.05, 0) is 18.2 Å². The summed E-state index contributed by atoms with van der Waals surface area (Å²) in [6, 6.07) is 4.43. The van der Waals surface area contributed by atoms with Gasteiger partial charge in [0.1, 0.15) is 11.9 Å². The molecule has 0 saturated carbocycles. The zero-order chi connectivity index (χ0) is 14.0. The Labute approximate surface area is 116 Å². The Morgan fingerprint density at radius 3 is 2.68 bits per heavy atom. The first-order valence-corrected chi connectivity index (χ1v) is 6.34. The maximum Gasteiger partial charge on any atom is 0.418 e. The largest absolute Gasteiger partial charge is 0.496 e. The van der Waals surface area contributed by atoms with Crippen molar-refractivity contribution in [3.05, 3.63) is 28.2 Å². The summed E-state index contributed by atoms with van der Waals surface area (Å²) in [5.74, 6) is 0.141. The SMILES string of the molecule is COc1ccc(Br)cc1[C@H](OC[C@H]1CO1)C(F)(F)F. The van der Waals surface area contributed by atoms with Crippen LogP contribution in [0.5, 0.6) is 5.75 Å². The molecular weight excluding hydrogens is 329 g/mol. The summed E-state index contributed by atoms with van der Waals surface area (Å²) in [6.07, 6.45) is -6.77. The van der Waals surface area contributed by atoms with Crippen molar-refractivity contribution in [2.75, 3.05) is 20.3 Å². The second-order valence-corrected chi connectivity index (χ2v) is 5.01. The molecule has 19 heavy (non-hydrogen) atoms. The van der Waals surface area contributed by atoms with Gasteiger partial charge in [-0.25, -0.2) is 0 Å². The van der Waals surface area contributed by atoms with Crippen molar-refractivity contribution in [1.82, 2.24) is 0 Å². The summed E-state index contributed by atoms with van der Waals surface area (Å²) in [7, 11) is 1.32. The molecule has 1 heterocycles. The van der Waals surface area contributed by atoms with E-state index in [0.717, 1.165) is 0 Å². The molecule has 0 aliphatic carbocycles. The number of hydrogen-bond acceptors (Lipinski definition) is 3. The van der Waals surface area contributed by atoms with Crippen LogP contribution in [0.1, 0.15) is 11.7 Å². The minimum absolute atomic E-state index is 0.0509. The lowest BCUT2D eigenvalue weighted by Gasteiger charge is -2.23. The second kappa shape index (κ2) is 5.68. The highest BCUT2D eigenvalue weighted by atomic mass is 79.9. The van der Waals surface area contributed by atoms with Gasteiger partial charge < -0.3 is 14.2 Å². The van der Waals surface area contributed by atoms with Crippen molar-refractivity contribution in [3.63, 3.8) is 0 Å². The highest BCUT2D eigenvalue weighted by Gasteiger charge is 2.44. The van der Waals surface area contributed by atoms with Crippen molar-refractivity contribution < 1.29 is 27.4 Å². The molecule has 1 aromatic rings. The molecule has 0 spiro atoms. The Balaban J connectivity index is 2.27. The van der Waals surface area contributed by atoms with E-state index in [1.807, 2.05) is 0 Å². The maximum absolute atomic E-state index is 13.1. The molecule has 0 unspecified atom stereocenters. The zero-order valence-corrected chi connectivity index (χ0v) is 11.6. The number of epoxide rings is 1. The second-order valence-electron chi connectivity index (χ2n) is 4.10. The lowest BCUT2D eigenvalue weighted by Crippen LogP contribution is -2.25. The third-order valence-corrected chi connectivity index (χ3v) is 3.12. The van der Waals surface area contributed by atoms with Gasteiger partial charge in [0, 0.05) is 10.0 Å². The van der Waals surface area contributed by atoms with E-state index in [-0.39, 0.29) is 24.0 Å². The van der Waals surface area contributed by atoms with E-state index in [1.54, 1.807) is 6.07 Å². The predicted octanol–water partition coefficient (Wildman–Crippen LogP) is 3.48.